The summed E-state index contributed by atoms with van der Waals surface area (Å²) in [5.74, 6) is -3.10. The number of ether oxygens (including phenoxy) is 9. The molecule has 4 aliphatic rings. The third-order valence-corrected chi connectivity index (χ3v) is 14.3. The molecule has 1 aromatic rings. The number of aryl methyl sites for hydroxylation is 1. The zero-order valence-electron chi connectivity index (χ0n) is 40.9. The number of cyclic esters (lactones) is 1. The summed E-state index contributed by atoms with van der Waals surface area (Å²) in [6, 6.07) is 2.86. The number of hydrogen-bond acceptors (Lipinski definition) is 19. The number of rotatable bonds is 14. The lowest BCUT2D eigenvalue weighted by Gasteiger charge is -2.47. The average molecular weight is 982 g/mol. The molecule has 0 spiro atoms. The van der Waals surface area contributed by atoms with E-state index in [4.69, 9.17) is 53.2 Å². The highest BCUT2D eigenvalue weighted by molar-refractivity contribution is 7.14. The van der Waals surface area contributed by atoms with Crippen molar-refractivity contribution in [3.05, 3.63) is 45.7 Å². The molecule has 1 unspecified atom stereocenters. The number of carbonyl (C=O) groups excluding carboxylic acids is 3. The van der Waals surface area contributed by atoms with Crippen LogP contribution in [0.2, 0.25) is 0 Å². The number of oxime groups is 1. The number of methoxy groups -OCH3 is 2. The number of hydrogen-bond donors (Lipinski definition) is 4. The first-order valence-corrected chi connectivity index (χ1v) is 24.4. The molecule has 68 heavy (non-hydrogen) atoms. The van der Waals surface area contributed by atoms with Gasteiger partial charge in [0.25, 0.3) is 5.91 Å². The summed E-state index contributed by atoms with van der Waals surface area (Å²) in [4.78, 5) is 48.5. The van der Waals surface area contributed by atoms with Gasteiger partial charge >= 0.3 is 5.97 Å². The Kier molecular flexibility index (Phi) is 22.0. The molecule has 20 heteroatoms. The molecule has 0 aliphatic carbocycles. The van der Waals surface area contributed by atoms with Gasteiger partial charge in [0, 0.05) is 43.5 Å². The fraction of sp³-hybridized carbons (Fsp3) is 0.750. The summed E-state index contributed by atoms with van der Waals surface area (Å²) in [5.41, 5.74) is 6.59. The van der Waals surface area contributed by atoms with Crippen LogP contribution in [0.4, 0.5) is 0 Å². The van der Waals surface area contributed by atoms with E-state index < -0.39 is 103 Å². The van der Waals surface area contributed by atoms with Gasteiger partial charge < -0.3 is 73.4 Å². The summed E-state index contributed by atoms with van der Waals surface area (Å²) in [6.45, 7) is 9.44. The van der Waals surface area contributed by atoms with E-state index in [1.165, 1.54) is 31.6 Å². The third kappa shape index (κ3) is 15.4. The highest BCUT2D eigenvalue weighted by atomic mass is 32.1. The minimum Gasteiger partial charge on any atom is -0.465 e. The van der Waals surface area contributed by atoms with Crippen molar-refractivity contribution < 1.29 is 77.2 Å². The van der Waals surface area contributed by atoms with Crippen LogP contribution >= 0.6 is 11.3 Å². The smallest absolute Gasteiger partial charge is 0.308 e. The largest absolute Gasteiger partial charge is 0.465 e. The Hall–Kier alpha value is -3.22. The van der Waals surface area contributed by atoms with E-state index >= 15 is 0 Å². The standard InChI is InChI=1S/C48H75N3O16S/c1-26-12-14-35(52)27(2)20-32-16-18-60-24-33(50-64-17-10-11-34-13-15-37(68-34)46(49)57)25-61-36(28(3)43(32)67-47-42(56)39(51(6)7)40(54)29(4)65-47)21-38(53)62-22-31(19-26)23-63-48-45(59-9)44(58-8)41(55)30(5)66-48/h12-15,19,27-32,36,39-45,47-48,54-56H,10-11,16-18,20-25H2,1-9H3,(H2,49,57)/b14-12+,26-19+,50-33+/t27-,28+,29-,30-,31+,32?,36-,39+,40-,41-,42-,43-,44-,45-,47+,48-/m1/s1. The first-order chi connectivity index (χ1) is 32.4. The van der Waals surface area contributed by atoms with Crippen LogP contribution in [0, 0.1) is 23.7 Å². The van der Waals surface area contributed by atoms with Gasteiger partial charge in [-0.2, -0.15) is 0 Å². The van der Waals surface area contributed by atoms with Crippen LogP contribution in [0.5, 0.6) is 0 Å². The maximum atomic E-state index is 14.1. The average Bonchev–Trinajstić information content (AvgIpc) is 3.78. The normalized spacial score (nSPS) is 38.1. The van der Waals surface area contributed by atoms with E-state index in [2.05, 4.69) is 5.16 Å². The summed E-state index contributed by atoms with van der Waals surface area (Å²) in [5, 5.41) is 37.8. The number of nitrogens with two attached hydrogens (primary N) is 1. The zero-order chi connectivity index (χ0) is 49.7. The Morgan fingerprint density at radius 1 is 0.941 bits per heavy atom. The lowest BCUT2D eigenvalue weighted by molar-refractivity contribution is -0.305. The molecule has 5 rings (SSSR count). The lowest BCUT2D eigenvalue weighted by Crippen LogP contribution is -2.63. The fourth-order valence-corrected chi connectivity index (χ4v) is 10.1. The first kappa shape index (κ1) is 55.7. The number of aliphatic hydroxyl groups excluding tert-OH is 3. The maximum Gasteiger partial charge on any atom is 0.308 e. The number of fused-ring (bicyclic) bond motifs is 3. The molecule has 4 aliphatic heterocycles. The van der Waals surface area contributed by atoms with Gasteiger partial charge in [0.1, 0.15) is 36.7 Å². The Morgan fingerprint density at radius 3 is 2.35 bits per heavy atom. The first-order valence-electron chi connectivity index (χ1n) is 23.6. The number of primary amides is 1. The van der Waals surface area contributed by atoms with Crippen LogP contribution in [0.15, 0.2) is 41.1 Å². The number of likely N-dealkylation sites (N-methyl/N-ethyl adjacent to an activating group) is 1. The fourth-order valence-electron chi connectivity index (χ4n) is 9.20. The molecule has 5 N–H and O–H groups in total. The van der Waals surface area contributed by atoms with Gasteiger partial charge in [-0.15, -0.1) is 11.3 Å². The Bertz CT molecular complexity index is 1860. The van der Waals surface area contributed by atoms with Crippen LogP contribution in [-0.2, 0) is 63.5 Å². The summed E-state index contributed by atoms with van der Waals surface area (Å²) in [7, 11) is 6.47. The van der Waals surface area contributed by atoms with Crippen LogP contribution in [0.1, 0.15) is 74.9 Å². The number of aliphatic hydroxyl groups is 3. The second kappa shape index (κ2) is 26.8. The molecule has 0 saturated carbocycles. The van der Waals surface area contributed by atoms with Gasteiger partial charge in [-0.1, -0.05) is 36.7 Å². The topological polar surface area (TPSA) is 246 Å². The van der Waals surface area contributed by atoms with Crippen molar-refractivity contribution in [3.8, 4) is 0 Å². The van der Waals surface area contributed by atoms with E-state index in [0.29, 0.717) is 36.3 Å². The highest BCUT2D eigenvalue weighted by Crippen LogP contribution is 2.36. The number of carbonyl (C=O) groups is 3. The lowest BCUT2D eigenvalue weighted by atomic mass is 9.79. The highest BCUT2D eigenvalue weighted by Gasteiger charge is 2.48. The van der Waals surface area contributed by atoms with Crippen LogP contribution in [0.3, 0.4) is 0 Å². The molecule has 3 fully saturated rings. The van der Waals surface area contributed by atoms with E-state index in [1.807, 2.05) is 32.9 Å². The SMILES string of the molecule is CO[C@@H]1[C@H](O)[C@@H](C)O[C@@H](OC[C@H]2/C=C(C)/C=C/C(=O)[C@H](C)CC3CCOC/C(=N\OCCCc4ccc(C(N)=O)s4)CO[C@H](CC(=O)OC2)[C@H](C)[C@H]3O[C@@H]2O[C@H](C)[C@@H](O)[C@H](N(C)C)[C@H]2O)[C@@H]1OC. The molecule has 384 valence electrons. The van der Waals surface area contributed by atoms with Crippen LogP contribution < -0.4 is 5.73 Å². The minimum atomic E-state index is -1.26. The molecular formula is C48H75N3O16S. The molecule has 19 nitrogen and oxygen atoms in total. The van der Waals surface area contributed by atoms with Gasteiger partial charge in [0.2, 0.25) is 0 Å². The molecular weight excluding hydrogens is 907 g/mol. The number of allylic oxidation sites excluding steroid dienone is 3. The number of ketones is 1. The van der Waals surface area contributed by atoms with E-state index in [1.54, 1.807) is 45.0 Å². The Balaban J connectivity index is 1.43. The molecule has 0 aromatic carbocycles. The number of esters is 1. The van der Waals surface area contributed by atoms with Crippen molar-refractivity contribution in [3.63, 3.8) is 0 Å². The van der Waals surface area contributed by atoms with Gasteiger partial charge in [-0.05, 0) is 84.7 Å². The number of thiophene rings is 1. The van der Waals surface area contributed by atoms with Crippen molar-refractivity contribution in [1.29, 1.82) is 0 Å². The zero-order valence-corrected chi connectivity index (χ0v) is 41.7. The second-order valence-electron chi connectivity index (χ2n) is 18.6. The predicted molar refractivity (Wildman–Crippen MR) is 250 cm³/mol. The quantitative estimate of drug-likeness (QED) is 0.119. The molecule has 0 radical (unpaired) electrons. The van der Waals surface area contributed by atoms with Crippen molar-refractivity contribution in [2.45, 2.75) is 140 Å². The van der Waals surface area contributed by atoms with E-state index in [9.17, 15) is 29.7 Å². The van der Waals surface area contributed by atoms with Gasteiger partial charge in [-0.25, -0.2) is 0 Å². The van der Waals surface area contributed by atoms with Crippen molar-refractivity contribution >= 4 is 34.7 Å². The monoisotopic (exact) mass is 981 g/mol. The maximum absolute atomic E-state index is 14.1. The van der Waals surface area contributed by atoms with Gasteiger partial charge in [0.05, 0.1) is 74.3 Å². The van der Waals surface area contributed by atoms with Gasteiger partial charge in [-0.3, -0.25) is 14.4 Å². The van der Waals surface area contributed by atoms with E-state index in [0.717, 1.165) is 10.5 Å². The summed E-state index contributed by atoms with van der Waals surface area (Å²) in [6.07, 6.45) is -2.76. The molecule has 16 atom stereocenters. The van der Waals surface area contributed by atoms with Crippen molar-refractivity contribution in [2.24, 2.45) is 34.6 Å². The van der Waals surface area contributed by atoms with Crippen LogP contribution in [0.25, 0.3) is 0 Å². The molecule has 1 amide bonds. The van der Waals surface area contributed by atoms with Crippen LogP contribution in [-0.4, -0.2) is 185 Å². The Morgan fingerprint density at radius 2 is 1.66 bits per heavy atom. The van der Waals surface area contributed by atoms with E-state index in [-0.39, 0.29) is 57.8 Å². The molecule has 3 saturated heterocycles. The van der Waals surface area contributed by atoms with Crippen molar-refractivity contribution in [1.82, 2.24) is 4.90 Å². The van der Waals surface area contributed by atoms with Crippen molar-refractivity contribution in [2.75, 3.05) is 68.0 Å². The molecule has 1 aromatic heterocycles. The molecule has 2 bridgehead atoms. The minimum absolute atomic E-state index is 0.0207. The van der Waals surface area contributed by atoms with Gasteiger partial charge in [0.15, 0.2) is 18.4 Å². The predicted octanol–water partition coefficient (Wildman–Crippen LogP) is 2.81. The second-order valence-corrected chi connectivity index (χ2v) is 19.8. The molecule has 5 heterocycles. The number of amides is 1. The number of nitrogens with zero attached hydrogens (tertiary/aromatic N) is 2. The third-order valence-electron chi connectivity index (χ3n) is 13.1. The Labute approximate surface area is 404 Å². The summed E-state index contributed by atoms with van der Waals surface area (Å²) < 4.78 is 55.2. The summed E-state index contributed by atoms with van der Waals surface area (Å²) >= 11 is 1.34.